The summed E-state index contributed by atoms with van der Waals surface area (Å²) in [5.74, 6) is 1.40. The Morgan fingerprint density at radius 1 is 1.38 bits per heavy atom. The Bertz CT molecular complexity index is 313. The fourth-order valence-electron chi connectivity index (χ4n) is 1.26. The maximum absolute atomic E-state index is 5.90. The zero-order valence-corrected chi connectivity index (χ0v) is 10.7. The second kappa shape index (κ2) is 6.48. The van der Waals surface area contributed by atoms with Crippen LogP contribution in [0.5, 0.6) is 5.75 Å². The SMILES string of the molecule is CCNCc1ccncc1OC(C)C(C)C. The van der Waals surface area contributed by atoms with Crippen LogP contribution in [0.4, 0.5) is 0 Å². The highest BCUT2D eigenvalue weighted by Gasteiger charge is 2.11. The highest BCUT2D eigenvalue weighted by Crippen LogP contribution is 2.19. The molecule has 0 aliphatic heterocycles. The molecule has 0 spiro atoms. The first-order valence-corrected chi connectivity index (χ1v) is 5.95. The van der Waals surface area contributed by atoms with Crippen molar-refractivity contribution in [2.24, 2.45) is 5.92 Å². The molecule has 0 saturated carbocycles. The van der Waals surface area contributed by atoms with Gasteiger partial charge in [-0.25, -0.2) is 0 Å². The predicted molar refractivity (Wildman–Crippen MR) is 66.5 cm³/mol. The molecule has 0 saturated heterocycles. The Morgan fingerprint density at radius 3 is 2.75 bits per heavy atom. The molecule has 3 heteroatoms. The molecule has 1 rings (SSSR count). The summed E-state index contributed by atoms with van der Waals surface area (Å²) in [6, 6.07) is 2.00. The molecule has 0 aliphatic rings. The first-order chi connectivity index (χ1) is 7.65. The number of ether oxygens (including phenoxy) is 1. The lowest BCUT2D eigenvalue weighted by atomic mass is 10.1. The van der Waals surface area contributed by atoms with Crippen molar-refractivity contribution in [3.05, 3.63) is 24.0 Å². The minimum absolute atomic E-state index is 0.213. The van der Waals surface area contributed by atoms with Crippen LogP contribution in [0.2, 0.25) is 0 Å². The maximum Gasteiger partial charge on any atom is 0.142 e. The molecule has 1 unspecified atom stereocenters. The molecule has 0 aliphatic carbocycles. The van der Waals surface area contributed by atoms with Gasteiger partial charge >= 0.3 is 0 Å². The van der Waals surface area contributed by atoms with Crippen LogP contribution < -0.4 is 10.1 Å². The summed E-state index contributed by atoms with van der Waals surface area (Å²) in [5, 5.41) is 3.30. The highest BCUT2D eigenvalue weighted by atomic mass is 16.5. The lowest BCUT2D eigenvalue weighted by molar-refractivity contribution is 0.168. The van der Waals surface area contributed by atoms with E-state index in [1.807, 2.05) is 6.07 Å². The van der Waals surface area contributed by atoms with E-state index in [0.717, 1.165) is 18.8 Å². The van der Waals surface area contributed by atoms with Crippen molar-refractivity contribution in [2.75, 3.05) is 6.54 Å². The van der Waals surface area contributed by atoms with Gasteiger partial charge in [0.05, 0.1) is 12.3 Å². The zero-order chi connectivity index (χ0) is 12.0. The van der Waals surface area contributed by atoms with E-state index < -0.39 is 0 Å². The number of nitrogens with one attached hydrogen (secondary N) is 1. The number of nitrogens with zero attached hydrogens (tertiary/aromatic N) is 1. The third-order valence-electron chi connectivity index (χ3n) is 2.69. The van der Waals surface area contributed by atoms with Crippen LogP contribution in [0.1, 0.15) is 33.3 Å². The van der Waals surface area contributed by atoms with E-state index in [9.17, 15) is 0 Å². The topological polar surface area (TPSA) is 34.2 Å². The molecular formula is C13H22N2O. The summed E-state index contributed by atoms with van der Waals surface area (Å²) in [6.45, 7) is 10.3. The number of pyridine rings is 1. The van der Waals surface area contributed by atoms with Gasteiger partial charge in [-0.2, -0.15) is 0 Å². The second-order valence-electron chi connectivity index (χ2n) is 4.33. The Balaban J connectivity index is 2.70. The minimum atomic E-state index is 0.213. The molecule has 0 radical (unpaired) electrons. The molecule has 16 heavy (non-hydrogen) atoms. The third-order valence-corrected chi connectivity index (χ3v) is 2.69. The molecule has 3 nitrogen and oxygen atoms in total. The zero-order valence-electron chi connectivity index (χ0n) is 10.7. The van der Waals surface area contributed by atoms with Gasteiger partial charge in [-0.15, -0.1) is 0 Å². The van der Waals surface area contributed by atoms with E-state index in [-0.39, 0.29) is 6.10 Å². The Labute approximate surface area is 98.2 Å². The quantitative estimate of drug-likeness (QED) is 0.803. The van der Waals surface area contributed by atoms with Crippen LogP contribution >= 0.6 is 0 Å². The highest BCUT2D eigenvalue weighted by molar-refractivity contribution is 5.29. The van der Waals surface area contributed by atoms with Gasteiger partial charge in [0.1, 0.15) is 5.75 Å². The summed E-state index contributed by atoms with van der Waals surface area (Å²) in [7, 11) is 0. The number of hydrogen-bond donors (Lipinski definition) is 1. The van der Waals surface area contributed by atoms with Gasteiger partial charge in [0.15, 0.2) is 0 Å². The fraction of sp³-hybridized carbons (Fsp3) is 0.615. The van der Waals surface area contributed by atoms with Crippen LogP contribution in [0, 0.1) is 5.92 Å². The second-order valence-corrected chi connectivity index (χ2v) is 4.33. The van der Waals surface area contributed by atoms with Crippen molar-refractivity contribution in [1.29, 1.82) is 0 Å². The van der Waals surface area contributed by atoms with Crippen molar-refractivity contribution < 1.29 is 4.74 Å². The molecule has 1 aromatic heterocycles. The van der Waals surface area contributed by atoms with Gasteiger partial charge in [0.2, 0.25) is 0 Å². The Hall–Kier alpha value is -1.09. The smallest absolute Gasteiger partial charge is 0.142 e. The normalized spacial score (nSPS) is 12.8. The van der Waals surface area contributed by atoms with Crippen molar-refractivity contribution in [3.8, 4) is 5.75 Å². The summed E-state index contributed by atoms with van der Waals surface area (Å²) >= 11 is 0. The first-order valence-electron chi connectivity index (χ1n) is 5.95. The predicted octanol–water partition coefficient (Wildman–Crippen LogP) is 2.61. The molecule has 1 heterocycles. The monoisotopic (exact) mass is 222 g/mol. The third kappa shape index (κ3) is 3.81. The van der Waals surface area contributed by atoms with Crippen LogP contribution in [0.25, 0.3) is 0 Å². The van der Waals surface area contributed by atoms with Crippen LogP contribution in [-0.4, -0.2) is 17.6 Å². The molecule has 1 atom stereocenters. The average molecular weight is 222 g/mol. The van der Waals surface area contributed by atoms with Gasteiger partial charge in [-0.3, -0.25) is 4.98 Å². The lowest BCUT2D eigenvalue weighted by Gasteiger charge is -2.19. The molecule has 0 aromatic carbocycles. The van der Waals surface area contributed by atoms with Crippen molar-refractivity contribution in [1.82, 2.24) is 10.3 Å². The van der Waals surface area contributed by atoms with E-state index in [0.29, 0.717) is 5.92 Å². The standard InChI is InChI=1S/C13H22N2O/c1-5-14-8-12-6-7-15-9-13(12)16-11(4)10(2)3/h6-7,9-11,14H,5,8H2,1-4H3. The molecule has 1 aromatic rings. The Kier molecular flexibility index (Phi) is 5.26. The van der Waals surface area contributed by atoms with Gasteiger partial charge in [-0.05, 0) is 25.5 Å². The molecular weight excluding hydrogens is 200 g/mol. The van der Waals surface area contributed by atoms with Crippen molar-refractivity contribution >= 4 is 0 Å². The molecule has 0 fully saturated rings. The molecule has 1 N–H and O–H groups in total. The largest absolute Gasteiger partial charge is 0.488 e. The van der Waals surface area contributed by atoms with E-state index in [4.69, 9.17) is 4.74 Å². The summed E-state index contributed by atoms with van der Waals surface area (Å²) in [5.41, 5.74) is 1.17. The van der Waals surface area contributed by atoms with Crippen LogP contribution in [0.3, 0.4) is 0 Å². The molecule has 0 amide bonds. The number of hydrogen-bond acceptors (Lipinski definition) is 3. The van der Waals surface area contributed by atoms with Gasteiger partial charge in [0, 0.05) is 18.3 Å². The van der Waals surface area contributed by atoms with Crippen LogP contribution in [0.15, 0.2) is 18.5 Å². The van der Waals surface area contributed by atoms with Crippen molar-refractivity contribution in [3.63, 3.8) is 0 Å². The van der Waals surface area contributed by atoms with Gasteiger partial charge < -0.3 is 10.1 Å². The summed E-state index contributed by atoms with van der Waals surface area (Å²) in [4.78, 5) is 4.11. The average Bonchev–Trinajstić information content (AvgIpc) is 2.27. The van der Waals surface area contributed by atoms with Gasteiger partial charge in [0.25, 0.3) is 0 Å². The van der Waals surface area contributed by atoms with E-state index in [2.05, 4.69) is 38.0 Å². The summed E-state index contributed by atoms with van der Waals surface area (Å²) < 4.78 is 5.90. The first kappa shape index (κ1) is 13.0. The number of rotatable bonds is 6. The summed E-state index contributed by atoms with van der Waals surface area (Å²) in [6.07, 6.45) is 3.81. The maximum atomic E-state index is 5.90. The molecule has 0 bridgehead atoms. The Morgan fingerprint density at radius 2 is 2.12 bits per heavy atom. The number of aromatic nitrogens is 1. The van der Waals surface area contributed by atoms with Crippen LogP contribution in [-0.2, 0) is 6.54 Å². The molecule has 90 valence electrons. The van der Waals surface area contributed by atoms with Gasteiger partial charge in [-0.1, -0.05) is 20.8 Å². The van der Waals surface area contributed by atoms with E-state index in [1.54, 1.807) is 12.4 Å². The lowest BCUT2D eigenvalue weighted by Crippen LogP contribution is -2.20. The fourth-order valence-corrected chi connectivity index (χ4v) is 1.26. The van der Waals surface area contributed by atoms with E-state index >= 15 is 0 Å². The minimum Gasteiger partial charge on any atom is -0.488 e. The van der Waals surface area contributed by atoms with Crippen molar-refractivity contribution in [2.45, 2.75) is 40.3 Å². The van der Waals surface area contributed by atoms with E-state index in [1.165, 1.54) is 5.56 Å².